The van der Waals surface area contributed by atoms with Crippen LogP contribution in [-0.2, 0) is 16.8 Å². The number of carbonyl (C=O) groups is 1. The maximum Gasteiger partial charge on any atom is 0.263 e. The van der Waals surface area contributed by atoms with Crippen LogP contribution in [0, 0.1) is 5.82 Å². The minimum Gasteiger partial charge on any atom is -0.375 e. The summed E-state index contributed by atoms with van der Waals surface area (Å²) in [7, 11) is 1.65. The lowest BCUT2D eigenvalue weighted by Crippen LogP contribution is -2.40. The molecule has 0 fully saturated rings. The Kier molecular flexibility index (Phi) is 3.15. The van der Waals surface area contributed by atoms with Crippen LogP contribution in [0.5, 0.6) is 0 Å². The van der Waals surface area contributed by atoms with Crippen LogP contribution in [0.3, 0.4) is 0 Å². The Balaban J connectivity index is 1.77. The van der Waals surface area contributed by atoms with Gasteiger partial charge in [-0.05, 0) is 30.3 Å². The van der Waals surface area contributed by atoms with Gasteiger partial charge in [-0.2, -0.15) is 0 Å². The van der Waals surface area contributed by atoms with Crippen LogP contribution in [0.1, 0.15) is 11.3 Å². The third kappa shape index (κ3) is 2.09. The lowest BCUT2D eigenvalue weighted by molar-refractivity contribution is -0.135. The number of hydrogen-bond acceptors (Lipinski definition) is 3. The van der Waals surface area contributed by atoms with Gasteiger partial charge in [0.05, 0.1) is 11.2 Å². The summed E-state index contributed by atoms with van der Waals surface area (Å²) < 4.78 is 13.3. The van der Waals surface area contributed by atoms with Gasteiger partial charge >= 0.3 is 0 Å². The third-order valence-electron chi connectivity index (χ3n) is 4.52. The zero-order chi connectivity index (χ0) is 16.9. The second-order valence-electron chi connectivity index (χ2n) is 6.06. The summed E-state index contributed by atoms with van der Waals surface area (Å²) in [6.45, 7) is 0. The number of likely N-dealkylation sites (N-methyl/N-ethyl adjacent to an activating group) is 1. The van der Waals surface area contributed by atoms with E-state index >= 15 is 0 Å². The Morgan fingerprint density at radius 3 is 2.79 bits per heavy atom. The molecule has 1 aliphatic rings. The van der Waals surface area contributed by atoms with Crippen LogP contribution < -0.4 is 4.90 Å². The highest BCUT2D eigenvalue weighted by Crippen LogP contribution is 2.41. The number of halogens is 1. The van der Waals surface area contributed by atoms with Crippen LogP contribution in [0.2, 0.25) is 0 Å². The standard InChI is InChI=1S/C19H15FN2O2/c1-22-17-5-3-2-4-15(17)19(24,18(22)23)11-14-8-6-12-10-13(20)7-9-16(12)21-14/h2-10,24H,11H2,1H3. The molecule has 1 atom stereocenters. The fraction of sp³-hybridized carbons (Fsp3) is 0.158. The van der Waals surface area contributed by atoms with Gasteiger partial charge in [-0.1, -0.05) is 24.3 Å². The van der Waals surface area contributed by atoms with Crippen molar-refractivity contribution < 1.29 is 14.3 Å². The monoisotopic (exact) mass is 322 g/mol. The van der Waals surface area contributed by atoms with Gasteiger partial charge in [-0.15, -0.1) is 0 Å². The van der Waals surface area contributed by atoms with E-state index in [9.17, 15) is 14.3 Å². The molecule has 1 unspecified atom stereocenters. The highest BCUT2D eigenvalue weighted by atomic mass is 19.1. The zero-order valence-corrected chi connectivity index (χ0v) is 13.0. The molecule has 0 bridgehead atoms. The Bertz CT molecular complexity index is 972. The lowest BCUT2D eigenvalue weighted by atomic mass is 9.90. The number of aliphatic hydroxyl groups is 1. The van der Waals surface area contributed by atoms with Gasteiger partial charge in [0.25, 0.3) is 5.91 Å². The number of rotatable bonds is 2. The lowest BCUT2D eigenvalue weighted by Gasteiger charge is -2.21. The van der Waals surface area contributed by atoms with Gasteiger partial charge in [0.2, 0.25) is 0 Å². The summed E-state index contributed by atoms with van der Waals surface area (Å²) in [6.07, 6.45) is 0.0699. The first-order valence-electron chi connectivity index (χ1n) is 7.64. The van der Waals surface area contributed by atoms with Gasteiger partial charge in [-0.25, -0.2) is 4.39 Å². The first kappa shape index (κ1) is 14.8. The number of aromatic nitrogens is 1. The van der Waals surface area contributed by atoms with Crippen LogP contribution >= 0.6 is 0 Å². The molecule has 1 amide bonds. The summed E-state index contributed by atoms with van der Waals surface area (Å²) >= 11 is 0. The van der Waals surface area contributed by atoms with Crippen molar-refractivity contribution in [3.8, 4) is 0 Å². The molecule has 0 saturated carbocycles. The fourth-order valence-corrected chi connectivity index (χ4v) is 3.29. The van der Waals surface area contributed by atoms with Crippen molar-refractivity contribution >= 4 is 22.5 Å². The van der Waals surface area contributed by atoms with E-state index in [1.54, 1.807) is 37.4 Å². The van der Waals surface area contributed by atoms with Crippen molar-refractivity contribution in [1.29, 1.82) is 0 Å². The van der Waals surface area contributed by atoms with Crippen molar-refractivity contribution in [2.75, 3.05) is 11.9 Å². The largest absolute Gasteiger partial charge is 0.375 e. The average Bonchev–Trinajstić information content (AvgIpc) is 2.77. The number of fused-ring (bicyclic) bond motifs is 2. The molecule has 2 heterocycles. The molecule has 0 aliphatic carbocycles. The van der Waals surface area contributed by atoms with Crippen LogP contribution in [0.15, 0.2) is 54.6 Å². The van der Waals surface area contributed by atoms with Crippen LogP contribution in [0.4, 0.5) is 10.1 Å². The predicted molar refractivity (Wildman–Crippen MR) is 89.2 cm³/mol. The topological polar surface area (TPSA) is 53.4 Å². The summed E-state index contributed by atoms with van der Waals surface area (Å²) in [5.41, 5.74) is 0.859. The predicted octanol–water partition coefficient (Wildman–Crippen LogP) is 2.78. The Hall–Kier alpha value is -2.79. The first-order valence-corrected chi connectivity index (χ1v) is 7.64. The molecule has 4 nitrogen and oxygen atoms in total. The maximum atomic E-state index is 13.3. The molecule has 2 aromatic carbocycles. The van der Waals surface area contributed by atoms with E-state index in [1.165, 1.54) is 17.0 Å². The third-order valence-corrected chi connectivity index (χ3v) is 4.52. The first-order chi connectivity index (χ1) is 11.5. The van der Waals surface area contributed by atoms with Crippen LogP contribution in [0.25, 0.3) is 10.9 Å². The Morgan fingerprint density at radius 1 is 1.17 bits per heavy atom. The molecule has 0 saturated heterocycles. The quantitative estimate of drug-likeness (QED) is 0.789. The Morgan fingerprint density at radius 2 is 1.96 bits per heavy atom. The number of hydrogen-bond donors (Lipinski definition) is 1. The summed E-state index contributed by atoms with van der Waals surface area (Å²) in [4.78, 5) is 18.5. The highest BCUT2D eigenvalue weighted by Gasteiger charge is 2.48. The molecule has 0 spiro atoms. The summed E-state index contributed by atoms with van der Waals surface area (Å²) in [6, 6.07) is 15.0. The average molecular weight is 322 g/mol. The second kappa shape index (κ2) is 5.11. The number of benzene rings is 2. The number of pyridine rings is 1. The van der Waals surface area contributed by atoms with Crippen LogP contribution in [-0.4, -0.2) is 23.0 Å². The SMILES string of the molecule is CN1C(=O)C(O)(Cc2ccc3cc(F)ccc3n2)c2ccccc21. The van der Waals surface area contributed by atoms with E-state index in [0.717, 1.165) is 0 Å². The van der Waals surface area contributed by atoms with Crippen molar-refractivity contribution in [3.63, 3.8) is 0 Å². The molecule has 4 rings (SSSR count). The van der Waals surface area contributed by atoms with Gasteiger partial charge in [0.1, 0.15) is 5.82 Å². The molecule has 24 heavy (non-hydrogen) atoms. The molecule has 120 valence electrons. The van der Waals surface area contributed by atoms with Gasteiger partial charge < -0.3 is 10.0 Å². The minimum atomic E-state index is -1.63. The van der Waals surface area contributed by atoms with Crippen molar-refractivity contribution in [2.24, 2.45) is 0 Å². The molecule has 1 aliphatic heterocycles. The molecule has 1 aromatic heterocycles. The van der Waals surface area contributed by atoms with Gasteiger partial charge in [-0.3, -0.25) is 9.78 Å². The molecule has 0 radical (unpaired) electrons. The number of carbonyl (C=O) groups excluding carboxylic acids is 1. The summed E-state index contributed by atoms with van der Waals surface area (Å²) in [5, 5.41) is 11.7. The molecular weight excluding hydrogens is 307 g/mol. The van der Waals surface area contributed by atoms with Crippen molar-refractivity contribution in [3.05, 3.63) is 71.7 Å². The van der Waals surface area contributed by atoms with E-state index in [4.69, 9.17) is 0 Å². The smallest absolute Gasteiger partial charge is 0.263 e. The second-order valence-corrected chi connectivity index (χ2v) is 6.06. The van der Waals surface area contributed by atoms with E-state index in [-0.39, 0.29) is 18.1 Å². The normalized spacial score (nSPS) is 19.8. The number of nitrogens with zero attached hydrogens (tertiary/aromatic N) is 2. The molecule has 5 heteroatoms. The van der Waals surface area contributed by atoms with Gasteiger partial charge in [0, 0.05) is 30.1 Å². The van der Waals surface area contributed by atoms with E-state index < -0.39 is 5.60 Å². The van der Waals surface area contributed by atoms with E-state index in [0.29, 0.717) is 27.8 Å². The molecule has 1 N–H and O–H groups in total. The van der Waals surface area contributed by atoms with E-state index in [2.05, 4.69) is 4.98 Å². The van der Waals surface area contributed by atoms with Crippen molar-refractivity contribution in [1.82, 2.24) is 4.98 Å². The zero-order valence-electron chi connectivity index (χ0n) is 13.0. The van der Waals surface area contributed by atoms with Gasteiger partial charge in [0.15, 0.2) is 5.60 Å². The van der Waals surface area contributed by atoms with E-state index in [1.807, 2.05) is 12.1 Å². The Labute approximate surface area is 138 Å². The highest BCUT2D eigenvalue weighted by molar-refractivity contribution is 6.06. The fourth-order valence-electron chi connectivity index (χ4n) is 3.29. The molecule has 3 aromatic rings. The minimum absolute atomic E-state index is 0.0699. The maximum absolute atomic E-state index is 13.3. The van der Waals surface area contributed by atoms with Crippen molar-refractivity contribution in [2.45, 2.75) is 12.0 Å². The molecular formula is C19H15FN2O2. The summed E-state index contributed by atoms with van der Waals surface area (Å²) in [5.74, 6) is -0.693. The number of para-hydroxylation sites is 1. The number of anilines is 1. The number of amides is 1.